The van der Waals surface area contributed by atoms with E-state index >= 15 is 0 Å². The average Bonchev–Trinajstić information content (AvgIpc) is 2.90. The number of aryl methyl sites for hydroxylation is 2. The van der Waals surface area contributed by atoms with Crippen molar-refractivity contribution in [2.75, 3.05) is 17.2 Å². The van der Waals surface area contributed by atoms with E-state index in [1.807, 2.05) is 30.3 Å². The Morgan fingerprint density at radius 2 is 1.78 bits per heavy atom. The highest BCUT2D eigenvalue weighted by Gasteiger charge is 2.23. The number of amidine groups is 1. The van der Waals surface area contributed by atoms with Crippen LogP contribution >= 0.6 is 0 Å². The summed E-state index contributed by atoms with van der Waals surface area (Å²) < 4.78 is 5.48. The summed E-state index contributed by atoms with van der Waals surface area (Å²) in [6, 6.07) is 18.0. The minimum absolute atomic E-state index is 0.0359. The normalized spacial score (nSPS) is 15.9. The number of ether oxygens (including phenoxy) is 1. The molecule has 8 heteroatoms. The average molecular weight is 500 g/mol. The van der Waals surface area contributed by atoms with Gasteiger partial charge < -0.3 is 21.1 Å². The number of nitrogens with one attached hydrogen (secondary N) is 4. The van der Waals surface area contributed by atoms with Gasteiger partial charge >= 0.3 is 6.09 Å². The summed E-state index contributed by atoms with van der Waals surface area (Å²) in [4.78, 5) is 26.0. The van der Waals surface area contributed by atoms with Gasteiger partial charge in [0.15, 0.2) is 0 Å². The van der Waals surface area contributed by atoms with Crippen LogP contribution < -0.4 is 21.7 Å². The van der Waals surface area contributed by atoms with Crippen LogP contribution in [0.15, 0.2) is 60.7 Å². The smallest absolute Gasteiger partial charge is 0.411 e. The molecule has 2 aliphatic rings. The van der Waals surface area contributed by atoms with Crippen LogP contribution in [-0.4, -0.2) is 24.4 Å². The van der Waals surface area contributed by atoms with Crippen molar-refractivity contribution >= 4 is 29.2 Å². The van der Waals surface area contributed by atoms with Crippen LogP contribution in [-0.2, 0) is 35.3 Å². The lowest BCUT2D eigenvalue weighted by Crippen LogP contribution is -2.33. The number of nitrogens with two attached hydrogens (primary N) is 1. The van der Waals surface area contributed by atoms with Gasteiger partial charge in [-0.25, -0.2) is 4.79 Å². The van der Waals surface area contributed by atoms with Gasteiger partial charge in [-0.3, -0.25) is 15.5 Å². The van der Waals surface area contributed by atoms with Gasteiger partial charge in [0.2, 0.25) is 5.91 Å². The van der Waals surface area contributed by atoms with Gasteiger partial charge in [-0.15, -0.1) is 0 Å². The Bertz CT molecular complexity index is 1300. The first-order chi connectivity index (χ1) is 17.9. The van der Waals surface area contributed by atoms with Gasteiger partial charge in [-0.05, 0) is 64.9 Å². The fraction of sp³-hybridized carbons (Fsp3) is 0.276. The van der Waals surface area contributed by atoms with E-state index in [-0.39, 0.29) is 24.9 Å². The lowest BCUT2D eigenvalue weighted by molar-refractivity contribution is -0.122. The third kappa shape index (κ3) is 6.27. The molecule has 5 rings (SSSR count). The van der Waals surface area contributed by atoms with Crippen molar-refractivity contribution in [3.8, 4) is 0 Å². The number of fused-ring (bicyclic) bond motifs is 9. The van der Waals surface area contributed by atoms with Crippen LogP contribution in [0.2, 0.25) is 0 Å². The number of benzene rings is 3. The molecule has 0 radical (unpaired) electrons. The molecular weight excluding hydrogens is 466 g/mol. The maximum Gasteiger partial charge on any atom is 0.411 e. The molecular formula is C29H33N5O3. The van der Waals surface area contributed by atoms with Gasteiger partial charge in [-0.2, -0.15) is 0 Å². The predicted molar refractivity (Wildman–Crippen MR) is 146 cm³/mol. The van der Waals surface area contributed by atoms with E-state index in [1.54, 1.807) is 18.2 Å². The second kappa shape index (κ2) is 11.6. The number of rotatable bonds is 5. The zero-order chi connectivity index (χ0) is 26.4. The highest BCUT2D eigenvalue weighted by Crippen LogP contribution is 2.28. The first-order valence-corrected chi connectivity index (χ1v) is 12.5. The summed E-state index contributed by atoms with van der Waals surface area (Å²) in [6.45, 7) is 4.71. The van der Waals surface area contributed by atoms with Crippen molar-refractivity contribution in [2.24, 2.45) is 5.73 Å². The molecule has 2 heterocycles. The molecule has 6 N–H and O–H groups in total. The number of carbonyl (C=O) groups excluding carboxylic acids is 2. The van der Waals surface area contributed by atoms with Crippen LogP contribution in [0.3, 0.4) is 0 Å². The van der Waals surface area contributed by atoms with Crippen molar-refractivity contribution in [1.82, 2.24) is 5.32 Å². The van der Waals surface area contributed by atoms with E-state index in [4.69, 9.17) is 15.9 Å². The molecule has 37 heavy (non-hydrogen) atoms. The third-order valence-corrected chi connectivity index (χ3v) is 6.52. The topological polar surface area (TPSA) is 129 Å². The lowest BCUT2D eigenvalue weighted by atomic mass is 9.90. The van der Waals surface area contributed by atoms with Crippen LogP contribution in [0.4, 0.5) is 16.2 Å². The molecule has 3 aromatic carbocycles. The van der Waals surface area contributed by atoms with Gasteiger partial charge in [0.25, 0.3) is 0 Å². The summed E-state index contributed by atoms with van der Waals surface area (Å²) in [5, 5.41) is 17.0. The molecule has 1 unspecified atom stereocenters. The van der Waals surface area contributed by atoms with Crippen molar-refractivity contribution < 1.29 is 14.3 Å². The van der Waals surface area contributed by atoms with E-state index in [2.05, 4.69) is 41.9 Å². The molecule has 0 fully saturated rings. The summed E-state index contributed by atoms with van der Waals surface area (Å²) >= 11 is 0. The second-order valence-electron chi connectivity index (χ2n) is 9.03. The maximum absolute atomic E-state index is 13.6. The molecule has 8 nitrogen and oxygen atoms in total. The Kier molecular flexibility index (Phi) is 8.08. The molecule has 4 bridgehead atoms. The second-order valence-corrected chi connectivity index (χ2v) is 9.03. The van der Waals surface area contributed by atoms with E-state index in [1.165, 1.54) is 0 Å². The minimum atomic E-state index is -0.668. The Morgan fingerprint density at radius 3 is 2.49 bits per heavy atom. The van der Waals surface area contributed by atoms with Crippen molar-refractivity contribution in [3.05, 3.63) is 94.0 Å². The Balaban J connectivity index is 1.77. The Hall–Kier alpha value is -4.33. The summed E-state index contributed by atoms with van der Waals surface area (Å²) in [5.41, 5.74) is 12.6. The Labute approximate surface area is 217 Å². The van der Waals surface area contributed by atoms with Crippen molar-refractivity contribution in [3.63, 3.8) is 0 Å². The largest absolute Gasteiger partial charge is 0.449 e. The van der Waals surface area contributed by atoms with E-state index in [9.17, 15) is 9.59 Å². The lowest BCUT2D eigenvalue weighted by Gasteiger charge is -2.24. The maximum atomic E-state index is 13.6. The summed E-state index contributed by atoms with van der Waals surface area (Å²) in [7, 11) is 0. The Morgan fingerprint density at radius 1 is 1.05 bits per heavy atom. The molecule has 3 aromatic rings. The molecule has 2 amide bonds. The fourth-order valence-electron chi connectivity index (χ4n) is 4.64. The molecule has 0 saturated carbocycles. The predicted octanol–water partition coefficient (Wildman–Crippen LogP) is 4.67. The minimum Gasteiger partial charge on any atom is -0.449 e. The molecule has 0 saturated heterocycles. The first-order valence-electron chi connectivity index (χ1n) is 12.5. The highest BCUT2D eigenvalue weighted by atomic mass is 16.5. The number of hydrogen-bond donors (Lipinski definition) is 5. The molecule has 0 aliphatic carbocycles. The van der Waals surface area contributed by atoms with E-state index in [0.717, 1.165) is 40.7 Å². The van der Waals surface area contributed by atoms with E-state index < -0.39 is 12.1 Å². The van der Waals surface area contributed by atoms with E-state index in [0.29, 0.717) is 23.4 Å². The SMILES string of the molecule is CCc1cc2cc(CC)c1CCOC(=O)Nc1cccc(c1)CNC(=O)C2Nc1cccc(C(=N)N)c1. The molecule has 0 aromatic heterocycles. The van der Waals surface area contributed by atoms with Crippen LogP contribution in [0.1, 0.15) is 53.3 Å². The zero-order valence-electron chi connectivity index (χ0n) is 21.2. The molecule has 2 aliphatic heterocycles. The molecule has 1 atom stereocenters. The quantitative estimate of drug-likeness (QED) is 0.257. The third-order valence-electron chi connectivity index (χ3n) is 6.52. The number of amides is 2. The van der Waals surface area contributed by atoms with Crippen LogP contribution in [0, 0.1) is 5.41 Å². The number of anilines is 2. The highest BCUT2D eigenvalue weighted by molar-refractivity contribution is 5.96. The zero-order valence-corrected chi connectivity index (χ0v) is 21.2. The fourth-order valence-corrected chi connectivity index (χ4v) is 4.64. The van der Waals surface area contributed by atoms with Crippen LogP contribution in [0.5, 0.6) is 0 Å². The van der Waals surface area contributed by atoms with Gasteiger partial charge in [-0.1, -0.05) is 50.2 Å². The van der Waals surface area contributed by atoms with Crippen LogP contribution in [0.25, 0.3) is 0 Å². The van der Waals surface area contributed by atoms with Gasteiger partial charge in [0.05, 0.1) is 6.61 Å². The number of hydrogen-bond acceptors (Lipinski definition) is 5. The van der Waals surface area contributed by atoms with Crippen molar-refractivity contribution in [1.29, 1.82) is 5.41 Å². The molecule has 192 valence electrons. The van der Waals surface area contributed by atoms with Gasteiger partial charge in [0, 0.05) is 29.9 Å². The molecule has 0 spiro atoms. The first kappa shape index (κ1) is 25.8. The summed E-state index contributed by atoms with van der Waals surface area (Å²) in [6.07, 6.45) is 1.64. The number of nitrogen functional groups attached to an aromatic ring is 1. The monoisotopic (exact) mass is 499 g/mol. The number of carbonyl (C=O) groups is 2. The summed E-state index contributed by atoms with van der Waals surface area (Å²) in [5.74, 6) is -0.221. The van der Waals surface area contributed by atoms with Crippen molar-refractivity contribution in [2.45, 2.75) is 45.7 Å². The van der Waals surface area contributed by atoms with Gasteiger partial charge in [0.1, 0.15) is 11.9 Å². The standard InChI is InChI=1S/C29H33N5O3/c1-3-19-14-22-15-20(4-2)25(19)11-12-37-29(36)34-23-9-5-7-18(13-23)17-32-28(35)26(22)33-24-10-6-8-21(16-24)27(30)31/h5-10,13-16,26,33H,3-4,11-12,17H2,1-2H3,(H3,30,31)(H,32,35)(H,34,36).